The first-order valence-electron chi connectivity index (χ1n) is 8.08. The average molecular weight is 330 g/mol. The molecule has 7 heteroatoms. The number of urea groups is 1. The fourth-order valence-corrected chi connectivity index (χ4v) is 2.63. The lowest BCUT2D eigenvalue weighted by atomic mass is 10.1. The third kappa shape index (κ3) is 4.11. The van der Waals surface area contributed by atoms with Crippen molar-refractivity contribution in [1.29, 1.82) is 0 Å². The Morgan fingerprint density at radius 1 is 1.38 bits per heavy atom. The van der Waals surface area contributed by atoms with Gasteiger partial charge in [-0.3, -0.25) is 0 Å². The van der Waals surface area contributed by atoms with Gasteiger partial charge in [-0.05, 0) is 13.3 Å². The van der Waals surface area contributed by atoms with Gasteiger partial charge in [0.25, 0.3) is 0 Å². The number of hydrogen-bond acceptors (Lipinski definition) is 5. The van der Waals surface area contributed by atoms with E-state index < -0.39 is 0 Å². The summed E-state index contributed by atoms with van der Waals surface area (Å²) >= 11 is 0. The molecule has 1 aliphatic heterocycles. The van der Waals surface area contributed by atoms with Crippen LogP contribution in [0.3, 0.4) is 0 Å². The van der Waals surface area contributed by atoms with Crippen molar-refractivity contribution in [2.24, 2.45) is 5.92 Å². The highest BCUT2D eigenvalue weighted by atomic mass is 16.5. The van der Waals surface area contributed by atoms with Crippen LogP contribution >= 0.6 is 0 Å². The van der Waals surface area contributed by atoms with E-state index in [0.29, 0.717) is 24.2 Å². The van der Waals surface area contributed by atoms with Gasteiger partial charge in [0.2, 0.25) is 11.7 Å². The minimum absolute atomic E-state index is 0.156. The summed E-state index contributed by atoms with van der Waals surface area (Å²) < 4.78 is 10.5. The molecule has 1 saturated heterocycles. The minimum Gasteiger partial charge on any atom is -0.381 e. The Hall–Kier alpha value is -2.41. The zero-order valence-electron chi connectivity index (χ0n) is 14.0. The number of nitrogens with one attached hydrogen (secondary N) is 1. The quantitative estimate of drug-likeness (QED) is 0.909. The number of aryl methyl sites for hydroxylation is 1. The van der Waals surface area contributed by atoms with Crippen LogP contribution in [0.2, 0.25) is 0 Å². The van der Waals surface area contributed by atoms with Gasteiger partial charge < -0.3 is 19.5 Å². The maximum absolute atomic E-state index is 12.1. The van der Waals surface area contributed by atoms with Crippen molar-refractivity contribution in [2.45, 2.75) is 19.9 Å². The van der Waals surface area contributed by atoms with Gasteiger partial charge in [0.05, 0.1) is 13.2 Å². The second kappa shape index (κ2) is 7.44. The summed E-state index contributed by atoms with van der Waals surface area (Å²) in [4.78, 5) is 18.1. The van der Waals surface area contributed by atoms with Crippen LogP contribution in [0.5, 0.6) is 0 Å². The zero-order chi connectivity index (χ0) is 16.9. The molecule has 0 unspecified atom stereocenters. The van der Waals surface area contributed by atoms with Crippen molar-refractivity contribution in [2.75, 3.05) is 26.8 Å². The zero-order valence-corrected chi connectivity index (χ0v) is 14.0. The van der Waals surface area contributed by atoms with Gasteiger partial charge in [-0.1, -0.05) is 35.0 Å². The molecule has 1 aliphatic rings. The Morgan fingerprint density at radius 3 is 2.88 bits per heavy atom. The van der Waals surface area contributed by atoms with Gasteiger partial charge in [-0.15, -0.1) is 0 Å². The van der Waals surface area contributed by atoms with E-state index in [4.69, 9.17) is 9.26 Å². The molecule has 0 radical (unpaired) electrons. The van der Waals surface area contributed by atoms with E-state index in [1.807, 2.05) is 31.2 Å². The number of nitrogens with zero attached hydrogens (tertiary/aromatic N) is 3. The monoisotopic (exact) mass is 330 g/mol. The Kier molecular flexibility index (Phi) is 5.10. The van der Waals surface area contributed by atoms with Crippen LogP contribution in [0.4, 0.5) is 4.79 Å². The first-order valence-corrected chi connectivity index (χ1v) is 8.08. The summed E-state index contributed by atoms with van der Waals surface area (Å²) in [6.45, 7) is 4.42. The third-order valence-corrected chi connectivity index (χ3v) is 4.07. The number of amides is 2. The number of benzene rings is 1. The fourth-order valence-electron chi connectivity index (χ4n) is 2.63. The Labute approximate surface area is 141 Å². The standard InChI is InChI=1S/C17H22N4O3/c1-12-3-5-14(6-4-12)16-19-15(24-20-16)9-18-17(22)21(2)10-13-7-8-23-11-13/h3-6,13H,7-11H2,1-2H3,(H,18,22)/t13-/m0/s1. The van der Waals surface area contributed by atoms with E-state index in [1.165, 1.54) is 5.56 Å². The van der Waals surface area contributed by atoms with Gasteiger partial charge >= 0.3 is 6.03 Å². The van der Waals surface area contributed by atoms with E-state index in [2.05, 4.69) is 15.5 Å². The third-order valence-electron chi connectivity index (χ3n) is 4.07. The van der Waals surface area contributed by atoms with Gasteiger partial charge in [-0.25, -0.2) is 4.79 Å². The molecular weight excluding hydrogens is 308 g/mol. The molecule has 0 saturated carbocycles. The molecule has 2 amide bonds. The normalized spacial score (nSPS) is 17.0. The lowest BCUT2D eigenvalue weighted by molar-refractivity contribution is 0.171. The maximum Gasteiger partial charge on any atom is 0.317 e. The van der Waals surface area contributed by atoms with E-state index >= 15 is 0 Å². The topological polar surface area (TPSA) is 80.5 Å². The molecule has 0 spiro atoms. The maximum atomic E-state index is 12.1. The van der Waals surface area contributed by atoms with Crippen molar-refractivity contribution in [3.63, 3.8) is 0 Å². The van der Waals surface area contributed by atoms with Crippen LogP contribution in [-0.4, -0.2) is 47.9 Å². The molecule has 0 aliphatic carbocycles. The van der Waals surface area contributed by atoms with Crippen molar-refractivity contribution < 1.29 is 14.1 Å². The molecule has 128 valence electrons. The second-order valence-electron chi connectivity index (χ2n) is 6.15. The lowest BCUT2D eigenvalue weighted by Crippen LogP contribution is -2.39. The number of carbonyl (C=O) groups is 1. The number of hydrogen-bond donors (Lipinski definition) is 1. The Morgan fingerprint density at radius 2 is 2.17 bits per heavy atom. The molecular formula is C17H22N4O3. The van der Waals surface area contributed by atoms with Crippen LogP contribution < -0.4 is 5.32 Å². The highest BCUT2D eigenvalue weighted by Crippen LogP contribution is 2.16. The predicted octanol–water partition coefficient (Wildman–Crippen LogP) is 2.22. The van der Waals surface area contributed by atoms with Crippen molar-refractivity contribution in [3.05, 3.63) is 35.7 Å². The van der Waals surface area contributed by atoms with Crippen LogP contribution in [0.15, 0.2) is 28.8 Å². The molecule has 1 atom stereocenters. The van der Waals surface area contributed by atoms with Gasteiger partial charge in [0.1, 0.15) is 0 Å². The van der Waals surface area contributed by atoms with E-state index in [1.54, 1.807) is 11.9 Å². The lowest BCUT2D eigenvalue weighted by Gasteiger charge is -2.20. The van der Waals surface area contributed by atoms with Gasteiger partial charge in [-0.2, -0.15) is 4.98 Å². The highest BCUT2D eigenvalue weighted by molar-refractivity contribution is 5.73. The summed E-state index contributed by atoms with van der Waals surface area (Å²) in [5.74, 6) is 1.32. The largest absolute Gasteiger partial charge is 0.381 e. The Bertz CT molecular complexity index is 677. The van der Waals surface area contributed by atoms with Gasteiger partial charge in [0, 0.05) is 31.7 Å². The molecule has 1 fully saturated rings. The number of carbonyl (C=O) groups excluding carboxylic acids is 1. The predicted molar refractivity (Wildman–Crippen MR) is 88.3 cm³/mol. The van der Waals surface area contributed by atoms with E-state index in [0.717, 1.165) is 25.2 Å². The molecule has 3 rings (SSSR count). The number of aromatic nitrogens is 2. The minimum atomic E-state index is -0.156. The van der Waals surface area contributed by atoms with Crippen LogP contribution in [0.25, 0.3) is 11.4 Å². The SMILES string of the molecule is Cc1ccc(-c2noc(CNC(=O)N(C)C[C@@H]3CCOC3)n2)cc1. The highest BCUT2D eigenvalue weighted by Gasteiger charge is 2.20. The molecule has 1 aromatic heterocycles. The summed E-state index contributed by atoms with van der Waals surface area (Å²) in [5.41, 5.74) is 2.06. The van der Waals surface area contributed by atoms with E-state index in [9.17, 15) is 4.79 Å². The molecule has 24 heavy (non-hydrogen) atoms. The summed E-state index contributed by atoms with van der Waals surface area (Å²) in [6, 6.07) is 7.72. The van der Waals surface area contributed by atoms with Crippen molar-refractivity contribution in [3.8, 4) is 11.4 Å². The smallest absolute Gasteiger partial charge is 0.317 e. The fraction of sp³-hybridized carbons (Fsp3) is 0.471. The number of ether oxygens (including phenoxy) is 1. The number of rotatable bonds is 5. The first-order chi connectivity index (χ1) is 11.6. The van der Waals surface area contributed by atoms with E-state index in [-0.39, 0.29) is 12.6 Å². The second-order valence-corrected chi connectivity index (χ2v) is 6.15. The molecule has 2 aromatic rings. The van der Waals surface area contributed by atoms with Crippen LogP contribution in [0.1, 0.15) is 17.9 Å². The molecule has 1 N–H and O–H groups in total. The molecule has 1 aromatic carbocycles. The Balaban J connectivity index is 1.51. The average Bonchev–Trinajstić information content (AvgIpc) is 3.25. The molecule has 2 heterocycles. The summed E-state index contributed by atoms with van der Waals surface area (Å²) in [5, 5.41) is 6.75. The summed E-state index contributed by atoms with van der Waals surface area (Å²) in [6.07, 6.45) is 1.00. The van der Waals surface area contributed by atoms with Crippen molar-refractivity contribution >= 4 is 6.03 Å². The van der Waals surface area contributed by atoms with Crippen LogP contribution in [0, 0.1) is 12.8 Å². The first kappa shape index (κ1) is 16.4. The molecule has 0 bridgehead atoms. The van der Waals surface area contributed by atoms with Gasteiger partial charge in [0.15, 0.2) is 0 Å². The molecule has 7 nitrogen and oxygen atoms in total. The van der Waals surface area contributed by atoms with Crippen molar-refractivity contribution in [1.82, 2.24) is 20.4 Å². The summed E-state index contributed by atoms with van der Waals surface area (Å²) in [7, 11) is 1.78. The van der Waals surface area contributed by atoms with Crippen LogP contribution in [-0.2, 0) is 11.3 Å².